The van der Waals surface area contributed by atoms with Crippen LogP contribution in [-0.4, -0.2) is 68.7 Å². The highest BCUT2D eigenvalue weighted by Gasteiger charge is 2.30. The van der Waals surface area contributed by atoms with Crippen LogP contribution in [0.3, 0.4) is 0 Å². The summed E-state index contributed by atoms with van der Waals surface area (Å²) in [7, 11) is -4.09. The van der Waals surface area contributed by atoms with Crippen LogP contribution in [0.4, 0.5) is 4.79 Å². The van der Waals surface area contributed by atoms with Crippen LogP contribution >= 0.6 is 15.9 Å². The van der Waals surface area contributed by atoms with Gasteiger partial charge in [0.1, 0.15) is 6.04 Å². The van der Waals surface area contributed by atoms with E-state index in [0.29, 0.717) is 11.0 Å². The lowest BCUT2D eigenvalue weighted by Gasteiger charge is -2.17. The van der Waals surface area contributed by atoms with Gasteiger partial charge in [0.05, 0.1) is 11.5 Å². The predicted molar refractivity (Wildman–Crippen MR) is 91.4 cm³/mol. The molecule has 1 aromatic carbocycles. The zero-order valence-corrected chi connectivity index (χ0v) is 15.7. The van der Waals surface area contributed by atoms with Crippen molar-refractivity contribution in [1.29, 1.82) is 0 Å². The van der Waals surface area contributed by atoms with Gasteiger partial charge in [0, 0.05) is 17.6 Å². The van der Waals surface area contributed by atoms with Crippen molar-refractivity contribution in [3.8, 4) is 0 Å². The van der Waals surface area contributed by atoms with E-state index in [1.807, 2.05) is 4.72 Å². The summed E-state index contributed by atoms with van der Waals surface area (Å²) in [6.07, 6.45) is 0. The normalized spacial score (nSPS) is 15.5. The van der Waals surface area contributed by atoms with E-state index in [1.54, 1.807) is 0 Å². The number of benzene rings is 1. The molecule has 1 heterocycles. The van der Waals surface area contributed by atoms with E-state index >= 15 is 0 Å². The number of urea groups is 1. The molecule has 2 rings (SSSR count). The molecule has 10 nitrogen and oxygen atoms in total. The SMILES string of the molecule is O=C(OCC(=O)N1CCNC1=O)C(CO)NS(=O)(=O)c1ccc(Br)cc1. The molecular weight excluding hydrogens is 434 g/mol. The highest BCUT2D eigenvalue weighted by molar-refractivity contribution is 9.10. The van der Waals surface area contributed by atoms with Gasteiger partial charge >= 0.3 is 12.0 Å². The quantitative estimate of drug-likeness (QED) is 0.461. The molecule has 0 bridgehead atoms. The van der Waals surface area contributed by atoms with Crippen LogP contribution in [0, 0.1) is 0 Å². The smallest absolute Gasteiger partial charge is 0.327 e. The number of hydrogen-bond donors (Lipinski definition) is 3. The third kappa shape index (κ3) is 5.00. The van der Waals surface area contributed by atoms with E-state index < -0.39 is 47.2 Å². The van der Waals surface area contributed by atoms with Crippen LogP contribution in [0.5, 0.6) is 0 Å². The molecule has 3 amide bonds. The zero-order valence-electron chi connectivity index (χ0n) is 13.3. The Labute approximate surface area is 157 Å². The summed E-state index contributed by atoms with van der Waals surface area (Å²) in [6, 6.07) is 3.43. The van der Waals surface area contributed by atoms with Crippen LogP contribution in [0.25, 0.3) is 0 Å². The Morgan fingerprint density at radius 1 is 1.35 bits per heavy atom. The summed E-state index contributed by atoms with van der Waals surface area (Å²) in [4.78, 5) is 35.8. The summed E-state index contributed by atoms with van der Waals surface area (Å²) >= 11 is 3.17. The van der Waals surface area contributed by atoms with Gasteiger partial charge in [-0.2, -0.15) is 4.72 Å². The molecule has 12 heteroatoms. The maximum atomic E-state index is 12.2. The van der Waals surface area contributed by atoms with Crippen molar-refractivity contribution in [1.82, 2.24) is 14.9 Å². The summed E-state index contributed by atoms with van der Waals surface area (Å²) in [6.45, 7) is -1.17. The van der Waals surface area contributed by atoms with Crippen LogP contribution in [0.1, 0.15) is 0 Å². The molecule has 0 spiro atoms. The summed E-state index contributed by atoms with van der Waals surface area (Å²) in [5.41, 5.74) is 0. The molecule has 1 atom stereocenters. The molecule has 1 fully saturated rings. The van der Waals surface area contributed by atoms with Gasteiger partial charge in [-0.3, -0.25) is 14.5 Å². The predicted octanol–water partition coefficient (Wildman–Crippen LogP) is -0.817. The van der Waals surface area contributed by atoms with Gasteiger partial charge < -0.3 is 15.2 Å². The number of esters is 1. The molecule has 0 radical (unpaired) electrons. The number of aliphatic hydroxyl groups excluding tert-OH is 1. The van der Waals surface area contributed by atoms with Crippen molar-refractivity contribution in [2.45, 2.75) is 10.9 Å². The largest absolute Gasteiger partial charge is 0.454 e. The van der Waals surface area contributed by atoms with E-state index in [0.717, 1.165) is 4.90 Å². The summed E-state index contributed by atoms with van der Waals surface area (Å²) in [5.74, 6) is -1.89. The Morgan fingerprint density at radius 2 is 2.00 bits per heavy atom. The topological polar surface area (TPSA) is 142 Å². The second-order valence-electron chi connectivity index (χ2n) is 5.20. The third-order valence-electron chi connectivity index (χ3n) is 3.38. The minimum Gasteiger partial charge on any atom is -0.454 e. The first-order chi connectivity index (χ1) is 12.2. The number of halogens is 1. The van der Waals surface area contributed by atoms with Crippen molar-refractivity contribution in [2.24, 2.45) is 0 Å². The van der Waals surface area contributed by atoms with Gasteiger partial charge in [0.25, 0.3) is 5.91 Å². The zero-order chi connectivity index (χ0) is 19.3. The van der Waals surface area contributed by atoms with Crippen molar-refractivity contribution in [2.75, 3.05) is 26.3 Å². The lowest BCUT2D eigenvalue weighted by atomic mass is 10.3. The van der Waals surface area contributed by atoms with Crippen LogP contribution < -0.4 is 10.0 Å². The molecule has 3 N–H and O–H groups in total. The van der Waals surface area contributed by atoms with Crippen molar-refractivity contribution >= 4 is 43.9 Å². The molecule has 0 aromatic heterocycles. The number of carbonyl (C=O) groups excluding carboxylic acids is 3. The minimum absolute atomic E-state index is 0.114. The fourth-order valence-corrected chi connectivity index (χ4v) is 3.49. The molecular formula is C14H16BrN3O7S. The molecule has 1 saturated heterocycles. The first-order valence-electron chi connectivity index (χ1n) is 7.38. The lowest BCUT2D eigenvalue weighted by molar-refractivity contribution is -0.152. The maximum absolute atomic E-state index is 12.2. The summed E-state index contributed by atoms with van der Waals surface area (Å²) < 4.78 is 31.9. The first kappa shape index (κ1) is 20.3. The Morgan fingerprint density at radius 3 is 2.54 bits per heavy atom. The van der Waals surface area contributed by atoms with Gasteiger partial charge in [0.2, 0.25) is 10.0 Å². The van der Waals surface area contributed by atoms with Gasteiger partial charge in [-0.05, 0) is 24.3 Å². The van der Waals surface area contributed by atoms with Crippen LogP contribution in [0.15, 0.2) is 33.6 Å². The average molecular weight is 450 g/mol. The average Bonchev–Trinajstić information content (AvgIpc) is 3.03. The van der Waals surface area contributed by atoms with Crippen LogP contribution in [0.2, 0.25) is 0 Å². The Kier molecular flexibility index (Phi) is 6.69. The van der Waals surface area contributed by atoms with E-state index in [9.17, 15) is 27.9 Å². The van der Waals surface area contributed by atoms with Gasteiger partial charge in [-0.25, -0.2) is 13.2 Å². The minimum atomic E-state index is -4.09. The summed E-state index contributed by atoms with van der Waals surface area (Å²) in [5, 5.41) is 11.7. The number of imide groups is 1. The van der Waals surface area contributed by atoms with Gasteiger partial charge in [-0.1, -0.05) is 15.9 Å². The van der Waals surface area contributed by atoms with E-state index in [2.05, 4.69) is 21.2 Å². The second-order valence-corrected chi connectivity index (χ2v) is 7.83. The highest BCUT2D eigenvalue weighted by atomic mass is 79.9. The molecule has 0 aliphatic carbocycles. The van der Waals surface area contributed by atoms with E-state index in [-0.39, 0.29) is 11.4 Å². The highest BCUT2D eigenvalue weighted by Crippen LogP contribution is 2.15. The van der Waals surface area contributed by atoms with Crippen molar-refractivity contribution in [3.05, 3.63) is 28.7 Å². The standard InChI is InChI=1S/C14H16BrN3O7S/c15-9-1-3-10(4-2-9)26(23,24)17-11(7-19)13(21)25-8-12(20)18-6-5-16-14(18)22/h1-4,11,17,19H,5-8H2,(H,16,22). The van der Waals surface area contributed by atoms with E-state index in [4.69, 9.17) is 4.74 Å². The first-order valence-corrected chi connectivity index (χ1v) is 9.66. The Hall–Kier alpha value is -2.02. The molecule has 1 unspecified atom stereocenters. The molecule has 26 heavy (non-hydrogen) atoms. The number of hydrogen-bond acceptors (Lipinski definition) is 7. The number of sulfonamides is 1. The van der Waals surface area contributed by atoms with Gasteiger partial charge in [0.15, 0.2) is 6.61 Å². The Balaban J connectivity index is 1.96. The fraction of sp³-hybridized carbons (Fsp3) is 0.357. The monoisotopic (exact) mass is 449 g/mol. The molecule has 1 aromatic rings. The number of rotatable bonds is 7. The number of amides is 3. The van der Waals surface area contributed by atoms with Crippen molar-refractivity contribution < 1.29 is 32.6 Å². The van der Waals surface area contributed by atoms with Crippen molar-refractivity contribution in [3.63, 3.8) is 0 Å². The molecule has 1 aliphatic rings. The molecule has 1 aliphatic heterocycles. The third-order valence-corrected chi connectivity index (χ3v) is 5.40. The number of carbonyl (C=O) groups is 3. The maximum Gasteiger partial charge on any atom is 0.327 e. The number of nitrogens with one attached hydrogen (secondary N) is 2. The second kappa shape index (κ2) is 8.58. The van der Waals surface area contributed by atoms with Crippen LogP contribution in [-0.2, 0) is 24.3 Å². The number of nitrogens with zero attached hydrogens (tertiary/aromatic N) is 1. The molecule has 0 saturated carbocycles. The van der Waals surface area contributed by atoms with E-state index in [1.165, 1.54) is 24.3 Å². The Bertz CT molecular complexity index is 797. The number of aliphatic hydroxyl groups is 1. The van der Waals surface area contributed by atoms with Gasteiger partial charge in [-0.15, -0.1) is 0 Å². The molecule has 142 valence electrons. The number of ether oxygens (including phenoxy) is 1. The lowest BCUT2D eigenvalue weighted by Crippen LogP contribution is -2.45. The fourth-order valence-electron chi connectivity index (χ4n) is 2.05.